The number of nitrogens with zero attached hydrogens (tertiary/aromatic N) is 2. The summed E-state index contributed by atoms with van der Waals surface area (Å²) in [5, 5.41) is 0.565. The number of carbonyl (C=O) groups excluding carboxylic acids is 3. The number of halogens is 1. The van der Waals surface area contributed by atoms with Crippen molar-refractivity contribution in [1.82, 2.24) is 9.80 Å². The fourth-order valence-electron chi connectivity index (χ4n) is 4.56. The molecule has 0 spiro atoms. The average Bonchev–Trinajstić information content (AvgIpc) is 2.95. The van der Waals surface area contributed by atoms with Gasteiger partial charge in [-0.05, 0) is 30.2 Å². The normalized spacial score (nSPS) is 20.4. The molecule has 2 heterocycles. The SMILES string of the molecule is COCCCN1C(=O)C[C@](CC(=O)N2CCOc3ccc(Cl)cc3C2)(c2ccccc2)C1=O. The van der Waals surface area contributed by atoms with Crippen molar-refractivity contribution in [2.45, 2.75) is 31.2 Å². The van der Waals surface area contributed by atoms with Gasteiger partial charge in [-0.2, -0.15) is 0 Å². The van der Waals surface area contributed by atoms with E-state index in [1.165, 1.54) is 4.90 Å². The summed E-state index contributed by atoms with van der Waals surface area (Å²) >= 11 is 6.14. The van der Waals surface area contributed by atoms with E-state index in [-0.39, 0.29) is 37.1 Å². The lowest BCUT2D eigenvalue weighted by atomic mass is 9.75. The molecule has 7 nitrogen and oxygen atoms in total. The number of carbonyl (C=O) groups is 3. The van der Waals surface area contributed by atoms with Crippen LogP contribution in [0.4, 0.5) is 0 Å². The number of methoxy groups -OCH3 is 1. The van der Waals surface area contributed by atoms with Gasteiger partial charge in [0.2, 0.25) is 17.7 Å². The van der Waals surface area contributed by atoms with Crippen molar-refractivity contribution in [1.29, 1.82) is 0 Å². The lowest BCUT2D eigenvalue weighted by Gasteiger charge is -2.30. The zero-order valence-electron chi connectivity index (χ0n) is 18.6. The molecule has 33 heavy (non-hydrogen) atoms. The molecule has 0 saturated carbocycles. The Balaban J connectivity index is 1.61. The molecule has 0 N–H and O–H groups in total. The molecule has 2 aliphatic heterocycles. The number of ether oxygens (including phenoxy) is 2. The molecule has 1 atom stereocenters. The summed E-state index contributed by atoms with van der Waals surface area (Å²) in [6, 6.07) is 14.5. The van der Waals surface area contributed by atoms with E-state index >= 15 is 0 Å². The number of fused-ring (bicyclic) bond motifs is 1. The number of rotatable bonds is 7. The van der Waals surface area contributed by atoms with Crippen molar-refractivity contribution in [3.05, 3.63) is 64.7 Å². The molecule has 3 amide bonds. The van der Waals surface area contributed by atoms with Gasteiger partial charge in [-0.1, -0.05) is 41.9 Å². The maximum atomic E-state index is 13.6. The molecule has 0 aliphatic carbocycles. The van der Waals surface area contributed by atoms with E-state index in [9.17, 15) is 14.4 Å². The largest absolute Gasteiger partial charge is 0.491 e. The Morgan fingerprint density at radius 2 is 1.97 bits per heavy atom. The van der Waals surface area contributed by atoms with Crippen LogP contribution in [0, 0.1) is 0 Å². The fourth-order valence-corrected chi connectivity index (χ4v) is 4.76. The Labute approximate surface area is 198 Å². The van der Waals surface area contributed by atoms with Gasteiger partial charge in [-0.15, -0.1) is 0 Å². The number of hydrogen-bond acceptors (Lipinski definition) is 5. The first kappa shape index (κ1) is 23.3. The highest BCUT2D eigenvalue weighted by Gasteiger charge is 2.53. The van der Waals surface area contributed by atoms with Crippen LogP contribution < -0.4 is 4.74 Å². The van der Waals surface area contributed by atoms with Crippen LogP contribution in [-0.2, 0) is 31.1 Å². The Morgan fingerprint density at radius 3 is 2.73 bits per heavy atom. The van der Waals surface area contributed by atoms with E-state index in [1.807, 2.05) is 30.3 Å². The van der Waals surface area contributed by atoms with E-state index in [0.29, 0.717) is 49.1 Å². The van der Waals surface area contributed by atoms with Crippen LogP contribution in [0.25, 0.3) is 0 Å². The van der Waals surface area contributed by atoms with Gasteiger partial charge in [0.15, 0.2) is 0 Å². The molecule has 174 valence electrons. The van der Waals surface area contributed by atoms with Gasteiger partial charge in [0, 0.05) is 50.2 Å². The monoisotopic (exact) mass is 470 g/mol. The first-order chi connectivity index (χ1) is 15.9. The van der Waals surface area contributed by atoms with Gasteiger partial charge in [-0.25, -0.2) is 0 Å². The van der Waals surface area contributed by atoms with Gasteiger partial charge < -0.3 is 14.4 Å². The number of imide groups is 1. The van der Waals surface area contributed by atoms with Crippen LogP contribution >= 0.6 is 11.6 Å². The number of benzene rings is 2. The predicted molar refractivity (Wildman–Crippen MR) is 123 cm³/mol. The second kappa shape index (κ2) is 9.93. The number of likely N-dealkylation sites (tertiary alicyclic amines) is 1. The molecule has 0 unspecified atom stereocenters. The first-order valence-electron chi connectivity index (χ1n) is 11.0. The smallest absolute Gasteiger partial charge is 0.240 e. The van der Waals surface area contributed by atoms with Gasteiger partial charge >= 0.3 is 0 Å². The van der Waals surface area contributed by atoms with Crippen LogP contribution in [0.1, 0.15) is 30.4 Å². The number of amides is 3. The van der Waals surface area contributed by atoms with Crippen molar-refractivity contribution < 1.29 is 23.9 Å². The summed E-state index contributed by atoms with van der Waals surface area (Å²) in [6.45, 7) is 1.78. The highest BCUT2D eigenvalue weighted by molar-refractivity contribution is 6.30. The second-order valence-electron chi connectivity index (χ2n) is 8.41. The second-order valence-corrected chi connectivity index (χ2v) is 8.85. The van der Waals surface area contributed by atoms with E-state index in [2.05, 4.69) is 0 Å². The van der Waals surface area contributed by atoms with Gasteiger partial charge in [0.25, 0.3) is 0 Å². The highest BCUT2D eigenvalue weighted by atomic mass is 35.5. The van der Waals surface area contributed by atoms with Gasteiger partial charge in [-0.3, -0.25) is 19.3 Å². The Morgan fingerprint density at radius 1 is 1.18 bits per heavy atom. The first-order valence-corrected chi connectivity index (χ1v) is 11.4. The predicted octanol–water partition coefficient (Wildman–Crippen LogP) is 3.18. The summed E-state index contributed by atoms with van der Waals surface area (Å²) in [7, 11) is 1.58. The van der Waals surface area contributed by atoms with Crippen LogP contribution in [0.2, 0.25) is 5.02 Å². The summed E-state index contributed by atoms with van der Waals surface area (Å²) in [5.74, 6) is -0.0826. The average molecular weight is 471 g/mol. The van der Waals surface area contributed by atoms with Crippen molar-refractivity contribution >= 4 is 29.3 Å². The van der Waals surface area contributed by atoms with Gasteiger partial charge in [0.05, 0.1) is 12.0 Å². The highest BCUT2D eigenvalue weighted by Crippen LogP contribution is 2.40. The van der Waals surface area contributed by atoms with Crippen LogP contribution in [0.15, 0.2) is 48.5 Å². The minimum Gasteiger partial charge on any atom is -0.491 e. The maximum absolute atomic E-state index is 13.6. The zero-order chi connectivity index (χ0) is 23.4. The molecule has 1 fully saturated rings. The van der Waals surface area contributed by atoms with E-state index < -0.39 is 5.41 Å². The van der Waals surface area contributed by atoms with Crippen molar-refractivity contribution in [3.63, 3.8) is 0 Å². The lowest BCUT2D eigenvalue weighted by molar-refractivity contribution is -0.143. The van der Waals surface area contributed by atoms with Crippen LogP contribution in [0.5, 0.6) is 5.75 Å². The molecule has 1 saturated heterocycles. The summed E-state index contributed by atoms with van der Waals surface area (Å²) in [5.41, 5.74) is 0.282. The molecule has 2 aromatic carbocycles. The van der Waals surface area contributed by atoms with E-state index in [0.717, 1.165) is 5.56 Å². The zero-order valence-corrected chi connectivity index (χ0v) is 19.3. The molecular formula is C25H27ClN2O5. The lowest BCUT2D eigenvalue weighted by Crippen LogP contribution is -2.44. The van der Waals surface area contributed by atoms with Crippen LogP contribution in [0.3, 0.4) is 0 Å². The number of hydrogen-bond donors (Lipinski definition) is 0. The topological polar surface area (TPSA) is 76.2 Å². The quantitative estimate of drug-likeness (QED) is 0.459. The van der Waals surface area contributed by atoms with Crippen molar-refractivity contribution in [2.24, 2.45) is 0 Å². The Bertz CT molecular complexity index is 1040. The van der Waals surface area contributed by atoms with E-state index in [1.54, 1.807) is 30.2 Å². The van der Waals surface area contributed by atoms with Crippen molar-refractivity contribution in [3.8, 4) is 5.75 Å². The molecule has 0 bridgehead atoms. The Kier molecular flexibility index (Phi) is 7.00. The fraction of sp³-hybridized carbons (Fsp3) is 0.400. The molecule has 8 heteroatoms. The standard InChI is InChI=1S/C25H27ClN2O5/c1-32-12-5-10-28-23(30)16-25(24(28)31,19-6-3-2-4-7-19)15-22(29)27-11-13-33-21-9-8-20(26)14-18(21)17-27/h2-4,6-9,14H,5,10-13,15-17H2,1H3/t25-/m1/s1. The van der Waals surface area contributed by atoms with Crippen LogP contribution in [-0.4, -0.2) is 60.9 Å². The summed E-state index contributed by atoms with van der Waals surface area (Å²) in [6.07, 6.45) is 0.438. The molecule has 4 rings (SSSR count). The minimum absolute atomic E-state index is 0.0265. The molecule has 2 aliphatic rings. The third-order valence-electron chi connectivity index (χ3n) is 6.27. The summed E-state index contributed by atoms with van der Waals surface area (Å²) in [4.78, 5) is 43.0. The minimum atomic E-state index is -1.22. The Hall–Kier alpha value is -2.90. The molecule has 0 aromatic heterocycles. The molecular weight excluding hydrogens is 444 g/mol. The van der Waals surface area contributed by atoms with Gasteiger partial charge in [0.1, 0.15) is 12.4 Å². The van der Waals surface area contributed by atoms with E-state index in [4.69, 9.17) is 21.1 Å². The third kappa shape index (κ3) is 4.75. The third-order valence-corrected chi connectivity index (χ3v) is 6.51. The summed E-state index contributed by atoms with van der Waals surface area (Å²) < 4.78 is 10.9. The molecule has 2 aromatic rings. The maximum Gasteiger partial charge on any atom is 0.240 e. The molecule has 0 radical (unpaired) electrons. The van der Waals surface area contributed by atoms with Crippen molar-refractivity contribution in [2.75, 3.05) is 33.4 Å².